The lowest BCUT2D eigenvalue weighted by Gasteiger charge is -2.17. The SMILES string of the molecule is C1=CC2Oc3cc(-c4ccccc4)cc(-c4nc(-c5ccc(-c6ccc7ccccc7c6)cc5)nc(-c5ccc6oc7ccccc7c6c5)n4)c3C2C=C1. The van der Waals surface area contributed by atoms with Crippen LogP contribution < -0.4 is 4.74 Å². The quantitative estimate of drug-likeness (QED) is 0.180. The summed E-state index contributed by atoms with van der Waals surface area (Å²) in [6.07, 6.45) is 8.41. The molecular formula is C49H31N3O2. The largest absolute Gasteiger partial charge is 0.485 e. The van der Waals surface area contributed by atoms with Crippen LogP contribution in [0, 0.1) is 0 Å². The van der Waals surface area contributed by atoms with E-state index in [1.807, 2.05) is 36.4 Å². The molecule has 0 radical (unpaired) electrons. The number of fused-ring (bicyclic) bond motifs is 7. The summed E-state index contributed by atoms with van der Waals surface area (Å²) in [7, 11) is 0. The van der Waals surface area contributed by atoms with Gasteiger partial charge >= 0.3 is 0 Å². The first kappa shape index (κ1) is 30.5. The van der Waals surface area contributed by atoms with Gasteiger partial charge in [0.25, 0.3) is 0 Å². The fraction of sp³-hybridized carbons (Fsp3) is 0.0408. The molecule has 254 valence electrons. The highest BCUT2D eigenvalue weighted by atomic mass is 16.5. The molecular weight excluding hydrogens is 663 g/mol. The molecule has 2 aromatic heterocycles. The number of nitrogens with zero attached hydrogens (tertiary/aromatic N) is 3. The maximum atomic E-state index is 6.61. The van der Waals surface area contributed by atoms with E-state index < -0.39 is 0 Å². The van der Waals surface area contributed by atoms with E-state index in [0.717, 1.165) is 72.2 Å². The van der Waals surface area contributed by atoms with Crippen LogP contribution in [0.4, 0.5) is 0 Å². The molecule has 7 aromatic carbocycles. The minimum atomic E-state index is -0.0880. The van der Waals surface area contributed by atoms with Crippen LogP contribution >= 0.6 is 0 Å². The molecule has 2 aliphatic rings. The van der Waals surface area contributed by atoms with Gasteiger partial charge in [-0.2, -0.15) is 0 Å². The Labute approximate surface area is 311 Å². The zero-order valence-corrected chi connectivity index (χ0v) is 29.1. The van der Waals surface area contributed by atoms with Crippen molar-refractivity contribution in [1.29, 1.82) is 0 Å². The molecule has 0 spiro atoms. The van der Waals surface area contributed by atoms with Crippen LogP contribution in [0.25, 0.3) is 89.1 Å². The van der Waals surface area contributed by atoms with Gasteiger partial charge in [-0.3, -0.25) is 0 Å². The van der Waals surface area contributed by atoms with Gasteiger partial charge in [0, 0.05) is 38.9 Å². The summed E-state index contributed by atoms with van der Waals surface area (Å²) in [5, 5.41) is 4.52. The molecule has 54 heavy (non-hydrogen) atoms. The number of hydrogen-bond donors (Lipinski definition) is 0. The van der Waals surface area contributed by atoms with Gasteiger partial charge in [0.2, 0.25) is 0 Å². The number of para-hydroxylation sites is 1. The first-order chi connectivity index (χ1) is 26.7. The Morgan fingerprint density at radius 3 is 1.98 bits per heavy atom. The lowest BCUT2D eigenvalue weighted by Crippen LogP contribution is -2.16. The van der Waals surface area contributed by atoms with E-state index in [0.29, 0.717) is 17.5 Å². The molecule has 1 aliphatic heterocycles. The Morgan fingerprint density at radius 1 is 0.426 bits per heavy atom. The van der Waals surface area contributed by atoms with E-state index in [1.54, 1.807) is 0 Å². The van der Waals surface area contributed by atoms with E-state index in [-0.39, 0.29) is 12.0 Å². The number of benzene rings is 7. The third-order valence-electron chi connectivity index (χ3n) is 10.7. The molecule has 2 unspecified atom stereocenters. The number of aromatic nitrogens is 3. The van der Waals surface area contributed by atoms with Crippen LogP contribution in [0.2, 0.25) is 0 Å². The minimum absolute atomic E-state index is 0.0448. The first-order valence-electron chi connectivity index (χ1n) is 18.2. The van der Waals surface area contributed by atoms with Crippen molar-refractivity contribution in [2.75, 3.05) is 0 Å². The highest BCUT2D eigenvalue weighted by Gasteiger charge is 2.36. The molecule has 0 amide bonds. The zero-order chi connectivity index (χ0) is 35.6. The predicted molar refractivity (Wildman–Crippen MR) is 217 cm³/mol. The summed E-state index contributed by atoms with van der Waals surface area (Å²) >= 11 is 0. The molecule has 3 heterocycles. The van der Waals surface area contributed by atoms with Crippen molar-refractivity contribution >= 4 is 32.7 Å². The number of allylic oxidation sites excluding steroid dienone is 2. The standard InChI is InChI=1S/C49H31N3O2/c1-2-10-30(11-3-1)37-28-41(46-39-15-7-9-17-43(39)54-45(46)29-37)49-51-47(33-21-18-32(19-22-33)35-23-20-31-12-4-5-13-34(31)26-35)50-48(52-49)36-24-25-44-40(27-36)38-14-6-8-16-42(38)53-44/h1-29,39,43H. The maximum Gasteiger partial charge on any atom is 0.164 e. The second-order valence-corrected chi connectivity index (χ2v) is 13.9. The topological polar surface area (TPSA) is 61.0 Å². The Morgan fingerprint density at radius 2 is 1.09 bits per heavy atom. The van der Waals surface area contributed by atoms with Crippen molar-refractivity contribution in [3.8, 4) is 62.2 Å². The average molecular weight is 694 g/mol. The van der Waals surface area contributed by atoms with Crippen molar-refractivity contribution in [3.63, 3.8) is 0 Å². The molecule has 0 saturated heterocycles. The Hall–Kier alpha value is -7.11. The average Bonchev–Trinajstić information content (AvgIpc) is 3.81. The smallest absolute Gasteiger partial charge is 0.164 e. The third-order valence-corrected chi connectivity index (χ3v) is 10.7. The van der Waals surface area contributed by atoms with E-state index in [9.17, 15) is 0 Å². The van der Waals surface area contributed by atoms with Crippen LogP contribution in [0.5, 0.6) is 5.75 Å². The predicted octanol–water partition coefficient (Wildman–Crippen LogP) is 12.2. The van der Waals surface area contributed by atoms with Crippen molar-refractivity contribution < 1.29 is 9.15 Å². The molecule has 0 fully saturated rings. The van der Waals surface area contributed by atoms with E-state index in [1.165, 1.54) is 10.8 Å². The summed E-state index contributed by atoms with van der Waals surface area (Å²) < 4.78 is 12.8. The number of ether oxygens (including phenoxy) is 1. The highest BCUT2D eigenvalue weighted by molar-refractivity contribution is 6.06. The summed E-state index contributed by atoms with van der Waals surface area (Å²) in [6, 6.07) is 52.6. The van der Waals surface area contributed by atoms with Gasteiger partial charge in [-0.25, -0.2) is 15.0 Å². The number of furan rings is 1. The first-order valence-corrected chi connectivity index (χ1v) is 18.2. The second kappa shape index (κ2) is 12.2. The van der Waals surface area contributed by atoms with Gasteiger partial charge in [0.1, 0.15) is 23.0 Å². The number of rotatable bonds is 5. The van der Waals surface area contributed by atoms with Crippen LogP contribution in [-0.4, -0.2) is 21.1 Å². The Kier molecular flexibility index (Phi) is 6.92. The fourth-order valence-corrected chi connectivity index (χ4v) is 7.96. The van der Waals surface area contributed by atoms with E-state index in [4.69, 9.17) is 24.1 Å². The molecule has 0 N–H and O–H groups in total. The van der Waals surface area contributed by atoms with Crippen LogP contribution in [-0.2, 0) is 0 Å². The van der Waals surface area contributed by atoms with E-state index >= 15 is 0 Å². The molecule has 5 nitrogen and oxygen atoms in total. The Bertz CT molecular complexity index is 2980. The van der Waals surface area contributed by atoms with Crippen LogP contribution in [0.3, 0.4) is 0 Å². The molecule has 0 bridgehead atoms. The van der Waals surface area contributed by atoms with Crippen molar-refractivity contribution in [3.05, 3.63) is 182 Å². The Balaban J connectivity index is 1.10. The number of hydrogen-bond acceptors (Lipinski definition) is 5. The van der Waals surface area contributed by atoms with Crippen LogP contribution in [0.15, 0.2) is 180 Å². The summed E-state index contributed by atoms with van der Waals surface area (Å²) in [5.41, 5.74) is 9.94. The zero-order valence-electron chi connectivity index (χ0n) is 29.1. The second-order valence-electron chi connectivity index (χ2n) is 13.9. The van der Waals surface area contributed by atoms with Crippen molar-refractivity contribution in [1.82, 2.24) is 15.0 Å². The van der Waals surface area contributed by atoms with E-state index in [2.05, 4.69) is 140 Å². The normalized spacial score (nSPS) is 15.8. The van der Waals surface area contributed by atoms with Gasteiger partial charge < -0.3 is 9.15 Å². The van der Waals surface area contributed by atoms with Crippen molar-refractivity contribution in [2.45, 2.75) is 12.0 Å². The molecule has 0 saturated carbocycles. The van der Waals surface area contributed by atoms with Gasteiger partial charge in [0.05, 0.1) is 0 Å². The van der Waals surface area contributed by atoms with Gasteiger partial charge in [-0.15, -0.1) is 0 Å². The summed E-state index contributed by atoms with van der Waals surface area (Å²) in [5.74, 6) is 2.70. The monoisotopic (exact) mass is 693 g/mol. The third kappa shape index (κ3) is 5.13. The van der Waals surface area contributed by atoms with Crippen LogP contribution in [0.1, 0.15) is 11.5 Å². The van der Waals surface area contributed by atoms with Gasteiger partial charge in [-0.1, -0.05) is 127 Å². The maximum absolute atomic E-state index is 6.61. The summed E-state index contributed by atoms with van der Waals surface area (Å²) in [6.45, 7) is 0. The minimum Gasteiger partial charge on any atom is -0.485 e. The molecule has 1 aliphatic carbocycles. The molecule has 5 heteroatoms. The summed E-state index contributed by atoms with van der Waals surface area (Å²) in [4.78, 5) is 15.7. The van der Waals surface area contributed by atoms with Crippen molar-refractivity contribution in [2.24, 2.45) is 0 Å². The lowest BCUT2D eigenvalue weighted by molar-refractivity contribution is 0.269. The van der Waals surface area contributed by atoms with Gasteiger partial charge in [0.15, 0.2) is 17.5 Å². The van der Waals surface area contributed by atoms with Gasteiger partial charge in [-0.05, 0) is 81.6 Å². The lowest BCUT2D eigenvalue weighted by atomic mass is 9.87. The molecule has 9 aromatic rings. The fourth-order valence-electron chi connectivity index (χ4n) is 7.96. The highest BCUT2D eigenvalue weighted by Crippen LogP contribution is 2.48. The molecule has 11 rings (SSSR count). The molecule has 2 atom stereocenters.